The second-order valence-corrected chi connectivity index (χ2v) is 5.79. The lowest BCUT2D eigenvalue weighted by atomic mass is 10.1. The molecular weight excluding hydrogens is 352 g/mol. The van der Waals surface area contributed by atoms with Crippen molar-refractivity contribution in [1.82, 2.24) is 0 Å². The number of aryl methyl sites for hydroxylation is 1. The Morgan fingerprint density at radius 1 is 1.13 bits per heavy atom. The number of halogens is 1. The fourth-order valence-corrected chi connectivity index (χ4v) is 2.43. The zero-order chi connectivity index (χ0) is 16.7. The summed E-state index contributed by atoms with van der Waals surface area (Å²) >= 11 is 3.38. The van der Waals surface area contributed by atoms with Crippen LogP contribution in [0.5, 0.6) is 0 Å². The molecule has 0 aliphatic heterocycles. The molecule has 2 rings (SSSR count). The van der Waals surface area contributed by atoms with Crippen molar-refractivity contribution in [1.29, 1.82) is 5.26 Å². The van der Waals surface area contributed by atoms with Gasteiger partial charge < -0.3 is 5.32 Å². The summed E-state index contributed by atoms with van der Waals surface area (Å²) in [6.07, 6.45) is 3.36. The van der Waals surface area contributed by atoms with Crippen LogP contribution in [0.2, 0.25) is 0 Å². The number of hydrogen-bond donors (Lipinski definition) is 1. The molecule has 0 spiro atoms. The maximum Gasteiger partial charge on any atom is 0.266 e. The van der Waals surface area contributed by atoms with Crippen molar-refractivity contribution in [3.05, 3.63) is 81.9 Å². The van der Waals surface area contributed by atoms with Crippen LogP contribution in [0.3, 0.4) is 0 Å². The number of anilines is 1. The van der Waals surface area contributed by atoms with Gasteiger partial charge in [0.1, 0.15) is 11.6 Å². The van der Waals surface area contributed by atoms with Crippen molar-refractivity contribution in [3.63, 3.8) is 0 Å². The summed E-state index contributed by atoms with van der Waals surface area (Å²) in [4.78, 5) is 12.2. The lowest BCUT2D eigenvalue weighted by molar-refractivity contribution is -0.112. The third kappa shape index (κ3) is 4.94. The number of carbonyl (C=O) groups excluding carboxylic acids is 1. The smallest absolute Gasteiger partial charge is 0.266 e. The largest absolute Gasteiger partial charge is 0.321 e. The number of benzene rings is 2. The van der Waals surface area contributed by atoms with Gasteiger partial charge in [0.15, 0.2) is 0 Å². The van der Waals surface area contributed by atoms with E-state index < -0.39 is 5.91 Å². The van der Waals surface area contributed by atoms with Crippen molar-refractivity contribution in [2.75, 3.05) is 5.32 Å². The first-order valence-corrected chi connectivity index (χ1v) is 7.80. The number of para-hydroxylation sites is 1. The van der Waals surface area contributed by atoms with E-state index in [2.05, 4.69) is 21.2 Å². The molecule has 0 saturated heterocycles. The normalized spacial score (nSPS) is 11.7. The Kier molecular flexibility index (Phi) is 5.90. The van der Waals surface area contributed by atoms with Gasteiger partial charge in [0.2, 0.25) is 0 Å². The Labute approximate surface area is 144 Å². The average Bonchev–Trinajstić information content (AvgIpc) is 2.55. The van der Waals surface area contributed by atoms with Crippen molar-refractivity contribution >= 4 is 33.6 Å². The van der Waals surface area contributed by atoms with Crippen LogP contribution < -0.4 is 5.32 Å². The van der Waals surface area contributed by atoms with Crippen LogP contribution in [-0.2, 0) is 4.79 Å². The number of hydrogen-bond acceptors (Lipinski definition) is 2. The summed E-state index contributed by atoms with van der Waals surface area (Å²) < 4.78 is 0.653. The van der Waals surface area contributed by atoms with Gasteiger partial charge in [-0.3, -0.25) is 4.79 Å². The number of nitriles is 1. The average molecular weight is 367 g/mol. The Morgan fingerprint density at radius 2 is 1.78 bits per heavy atom. The number of rotatable bonds is 4. The molecule has 0 aromatic heterocycles. The molecule has 0 bridgehead atoms. The topological polar surface area (TPSA) is 52.9 Å². The van der Waals surface area contributed by atoms with Crippen molar-refractivity contribution in [3.8, 4) is 6.07 Å². The van der Waals surface area contributed by atoms with Gasteiger partial charge in [-0.15, -0.1) is 0 Å². The maximum absolute atomic E-state index is 12.2. The van der Waals surface area contributed by atoms with Crippen LogP contribution in [0, 0.1) is 18.3 Å². The van der Waals surface area contributed by atoms with Crippen LogP contribution in [-0.4, -0.2) is 5.91 Å². The van der Waals surface area contributed by atoms with Gasteiger partial charge in [-0.1, -0.05) is 64.5 Å². The molecule has 1 N–H and O–H groups in total. The molecule has 0 heterocycles. The van der Waals surface area contributed by atoms with E-state index in [1.807, 2.05) is 67.6 Å². The predicted molar refractivity (Wildman–Crippen MR) is 96.9 cm³/mol. The van der Waals surface area contributed by atoms with E-state index in [0.29, 0.717) is 10.2 Å². The van der Waals surface area contributed by atoms with E-state index >= 15 is 0 Å². The minimum absolute atomic E-state index is 0.0345. The molecule has 0 aliphatic carbocycles. The number of nitrogens with one attached hydrogen (secondary N) is 1. The van der Waals surface area contributed by atoms with Gasteiger partial charge in [-0.2, -0.15) is 5.26 Å². The molecule has 1 amide bonds. The number of nitrogens with zero attached hydrogens (tertiary/aromatic N) is 1. The van der Waals surface area contributed by atoms with Crippen molar-refractivity contribution in [2.45, 2.75) is 6.92 Å². The maximum atomic E-state index is 12.2. The second-order valence-electron chi connectivity index (χ2n) is 4.88. The Bertz CT molecular complexity index is 802. The number of allylic oxidation sites excluding steroid dienone is 2. The Balaban J connectivity index is 2.19. The van der Waals surface area contributed by atoms with Crippen molar-refractivity contribution < 1.29 is 4.79 Å². The molecule has 2 aromatic rings. The van der Waals surface area contributed by atoms with Gasteiger partial charge in [-0.05, 0) is 36.3 Å². The second kappa shape index (κ2) is 8.11. The molecule has 23 heavy (non-hydrogen) atoms. The molecule has 3 nitrogen and oxygen atoms in total. The highest BCUT2D eigenvalue weighted by Crippen LogP contribution is 2.18. The molecule has 0 atom stereocenters. The first kappa shape index (κ1) is 16.7. The zero-order valence-corrected chi connectivity index (χ0v) is 14.2. The van der Waals surface area contributed by atoms with E-state index in [9.17, 15) is 10.1 Å². The van der Waals surface area contributed by atoms with Crippen LogP contribution in [0.15, 0.2) is 70.7 Å². The molecule has 0 fully saturated rings. The molecule has 4 heteroatoms. The van der Waals surface area contributed by atoms with Crippen LogP contribution in [0.4, 0.5) is 5.69 Å². The van der Waals surface area contributed by atoms with E-state index in [4.69, 9.17) is 0 Å². The predicted octanol–water partition coefficient (Wildman–Crippen LogP) is 4.82. The molecule has 0 aliphatic rings. The van der Waals surface area contributed by atoms with Crippen LogP contribution in [0.25, 0.3) is 6.08 Å². The third-order valence-electron chi connectivity index (χ3n) is 3.14. The highest BCUT2D eigenvalue weighted by molar-refractivity contribution is 9.12. The minimum atomic E-state index is -0.430. The lowest BCUT2D eigenvalue weighted by Gasteiger charge is -2.07. The van der Waals surface area contributed by atoms with Gasteiger partial charge in [0.25, 0.3) is 5.91 Å². The summed E-state index contributed by atoms with van der Waals surface area (Å²) in [5, 5.41) is 12.0. The summed E-state index contributed by atoms with van der Waals surface area (Å²) in [6.45, 7) is 1.90. The first-order chi connectivity index (χ1) is 11.1. The van der Waals surface area contributed by atoms with E-state index in [1.54, 1.807) is 6.07 Å². The SMILES string of the molecule is Cc1ccccc1NC(=O)/C(C#N)=C/C(Br)=C/c1ccccc1. The fraction of sp³-hybridized carbons (Fsp3) is 0.0526. The van der Waals surface area contributed by atoms with Crippen molar-refractivity contribution in [2.24, 2.45) is 0 Å². The monoisotopic (exact) mass is 366 g/mol. The highest BCUT2D eigenvalue weighted by Gasteiger charge is 2.10. The van der Waals surface area contributed by atoms with Gasteiger partial charge in [0.05, 0.1) is 0 Å². The molecule has 2 aromatic carbocycles. The molecule has 0 unspecified atom stereocenters. The van der Waals surface area contributed by atoms with Gasteiger partial charge >= 0.3 is 0 Å². The standard InChI is InChI=1S/C19H15BrN2O/c1-14-7-5-6-10-18(14)22-19(23)16(13-21)12-17(20)11-15-8-3-2-4-9-15/h2-12H,1H3,(H,22,23)/b16-12+,17-11-. The first-order valence-electron chi connectivity index (χ1n) is 7.01. The molecule has 0 radical (unpaired) electrons. The summed E-state index contributed by atoms with van der Waals surface area (Å²) in [7, 11) is 0. The fourth-order valence-electron chi connectivity index (χ4n) is 1.94. The lowest BCUT2D eigenvalue weighted by Crippen LogP contribution is -2.14. The van der Waals surface area contributed by atoms with E-state index in [1.165, 1.54) is 6.08 Å². The minimum Gasteiger partial charge on any atom is -0.321 e. The van der Waals surface area contributed by atoms with Crippen LogP contribution >= 0.6 is 15.9 Å². The summed E-state index contributed by atoms with van der Waals surface area (Å²) in [5.74, 6) is -0.430. The van der Waals surface area contributed by atoms with E-state index in [0.717, 1.165) is 11.1 Å². The number of carbonyl (C=O) groups is 1. The molecule has 114 valence electrons. The molecular formula is C19H15BrN2O. The number of amides is 1. The summed E-state index contributed by atoms with van der Waals surface area (Å²) in [5.41, 5.74) is 2.65. The summed E-state index contributed by atoms with van der Waals surface area (Å²) in [6, 6.07) is 19.0. The third-order valence-corrected chi connectivity index (χ3v) is 3.60. The zero-order valence-electron chi connectivity index (χ0n) is 12.6. The van der Waals surface area contributed by atoms with Crippen LogP contribution in [0.1, 0.15) is 11.1 Å². The van der Waals surface area contributed by atoms with Gasteiger partial charge in [-0.25, -0.2) is 0 Å². The Hall–Kier alpha value is -2.64. The van der Waals surface area contributed by atoms with E-state index in [-0.39, 0.29) is 5.57 Å². The Morgan fingerprint density at radius 3 is 2.43 bits per heavy atom. The quantitative estimate of drug-likeness (QED) is 0.479. The highest BCUT2D eigenvalue weighted by atomic mass is 79.9. The van der Waals surface area contributed by atoms with Gasteiger partial charge in [0, 0.05) is 10.2 Å². The molecule has 0 saturated carbocycles.